The molecule has 5 N–H and O–H groups in total. The quantitative estimate of drug-likeness (QED) is 0.251. The van der Waals surface area contributed by atoms with Crippen molar-refractivity contribution in [1.82, 2.24) is 0 Å². The molecule has 0 aromatic heterocycles. The highest BCUT2D eigenvalue weighted by molar-refractivity contribution is 7.62. The summed E-state index contributed by atoms with van der Waals surface area (Å²) >= 11 is 0. The predicted molar refractivity (Wildman–Crippen MR) is 96.2 cm³/mol. The van der Waals surface area contributed by atoms with Gasteiger partial charge in [0, 0.05) is 7.11 Å². The summed E-state index contributed by atoms with van der Waals surface area (Å²) in [5, 5.41) is 0. The highest BCUT2D eigenvalue weighted by Crippen LogP contribution is 2.73. The molecule has 0 aromatic rings. The van der Waals surface area contributed by atoms with Gasteiger partial charge in [-0.2, -0.15) is 12.9 Å². The first-order valence-corrected chi connectivity index (χ1v) is 17.2. The van der Waals surface area contributed by atoms with Crippen molar-refractivity contribution in [3.63, 3.8) is 0 Å². The van der Waals surface area contributed by atoms with Gasteiger partial charge in [0.25, 0.3) is 0 Å². The van der Waals surface area contributed by atoms with E-state index in [1.54, 1.807) is 0 Å². The maximum absolute atomic E-state index is 12.7. The number of hydrogen-bond acceptors (Lipinski definition) is 16. The third-order valence-electron chi connectivity index (χ3n) is 4.31. The molecule has 3 heterocycles. The molecule has 0 aromatic carbocycles. The van der Waals surface area contributed by atoms with Crippen LogP contribution in [-0.4, -0.2) is 68.2 Å². The monoisotopic (exact) mass is 620 g/mol. The van der Waals surface area contributed by atoms with Crippen LogP contribution in [0, 0.1) is 0 Å². The maximum atomic E-state index is 12.7. The average Bonchev–Trinajstić information content (AvgIpc) is 2.83. The summed E-state index contributed by atoms with van der Waals surface area (Å²) < 4.78 is 119. The molecule has 0 bridgehead atoms. The second-order valence-electron chi connectivity index (χ2n) is 6.64. The second-order valence-corrected chi connectivity index (χ2v) is 15.8. The van der Waals surface area contributed by atoms with Gasteiger partial charge in [0.15, 0.2) is 0 Å². The Kier molecular flexibility index (Phi) is 7.07. The molecule has 4 rings (SSSR count). The summed E-state index contributed by atoms with van der Waals surface area (Å²) in [6.45, 7) is 0. The third kappa shape index (κ3) is 5.77. The van der Waals surface area contributed by atoms with Crippen LogP contribution in [-0.2, 0) is 72.0 Å². The minimum Gasteiger partial charge on any atom is -0.302 e. The summed E-state index contributed by atoms with van der Waals surface area (Å²) in [4.78, 5) is 49.0. The van der Waals surface area contributed by atoms with Crippen LogP contribution in [0.3, 0.4) is 0 Å². The Balaban J connectivity index is 1.92. The predicted octanol–water partition coefficient (Wildman–Crippen LogP) is 0.658. The Labute approximate surface area is 187 Å². The molecular formula is C7H14O21P6. The number of rotatable bonds is 1. The topological polar surface area (TPSA) is 296 Å². The van der Waals surface area contributed by atoms with Crippen molar-refractivity contribution in [2.75, 3.05) is 7.11 Å². The van der Waals surface area contributed by atoms with E-state index in [1.165, 1.54) is 0 Å². The summed E-state index contributed by atoms with van der Waals surface area (Å²) in [5.41, 5.74) is 0. The number of phosphoric acid groups is 6. The van der Waals surface area contributed by atoms with Gasteiger partial charge in [-0.1, -0.05) is 0 Å². The van der Waals surface area contributed by atoms with E-state index in [-0.39, 0.29) is 0 Å². The molecule has 0 spiro atoms. The van der Waals surface area contributed by atoms with Crippen LogP contribution in [0.25, 0.3) is 0 Å². The summed E-state index contributed by atoms with van der Waals surface area (Å²) in [5.74, 6) is 0. The van der Waals surface area contributed by atoms with Gasteiger partial charge < -0.3 is 24.5 Å². The fourth-order valence-electron chi connectivity index (χ4n) is 3.34. The summed E-state index contributed by atoms with van der Waals surface area (Å²) in [7, 11) is -32.2. The van der Waals surface area contributed by atoms with Crippen molar-refractivity contribution in [3.8, 4) is 0 Å². The van der Waals surface area contributed by atoms with Crippen LogP contribution in [0.5, 0.6) is 0 Å². The molecule has 34 heavy (non-hydrogen) atoms. The van der Waals surface area contributed by atoms with Crippen molar-refractivity contribution in [2.24, 2.45) is 0 Å². The van der Waals surface area contributed by atoms with Gasteiger partial charge in [0.1, 0.15) is 36.6 Å². The van der Waals surface area contributed by atoms with Crippen molar-refractivity contribution in [2.45, 2.75) is 36.6 Å². The zero-order valence-electron chi connectivity index (χ0n) is 15.9. The van der Waals surface area contributed by atoms with Crippen LogP contribution in [0.15, 0.2) is 0 Å². The first-order chi connectivity index (χ1) is 15.3. The standard InChI is InChI=1S/C7H14O21P6/c1-19-34(18)25-7-5-3(21-30(10,11)27-32(14,15)23-5)2-4(6(7)24-33(16,17)28-34)22-31(12,13)26-29(8,9)20-2/h2-7H,1H3,(H,8,9)(H,10,11)(H,12,13)(H,14,15)(H,16,17). The molecule has 0 radical (unpaired) electrons. The highest BCUT2D eigenvalue weighted by Gasteiger charge is 2.68. The Morgan fingerprint density at radius 2 is 0.706 bits per heavy atom. The number of phosphoric ester groups is 6. The zero-order chi connectivity index (χ0) is 25.5. The van der Waals surface area contributed by atoms with E-state index in [4.69, 9.17) is 22.6 Å². The van der Waals surface area contributed by atoms with Crippen LogP contribution >= 0.6 is 46.9 Å². The average molecular weight is 620 g/mol. The largest absolute Gasteiger partial charge is 0.483 e. The minimum atomic E-state index is -5.57. The molecule has 12 atom stereocenters. The van der Waals surface area contributed by atoms with Gasteiger partial charge in [0.05, 0.1) is 0 Å². The fourth-order valence-corrected chi connectivity index (χ4v) is 11.0. The Bertz CT molecular complexity index is 1120. The smallest absolute Gasteiger partial charge is 0.302 e. The van der Waals surface area contributed by atoms with Crippen molar-refractivity contribution < 1.29 is 96.5 Å². The molecule has 3 aliphatic heterocycles. The molecule has 12 unspecified atom stereocenters. The molecule has 1 saturated carbocycles. The molecule has 4 fully saturated rings. The summed E-state index contributed by atoms with van der Waals surface area (Å²) in [6, 6.07) is 0. The van der Waals surface area contributed by atoms with Crippen molar-refractivity contribution in [1.29, 1.82) is 0 Å². The highest BCUT2D eigenvalue weighted by atomic mass is 31.3. The van der Waals surface area contributed by atoms with E-state index >= 15 is 0 Å². The van der Waals surface area contributed by atoms with Crippen LogP contribution in [0.4, 0.5) is 0 Å². The van der Waals surface area contributed by atoms with E-state index in [2.05, 4.69) is 22.0 Å². The number of fused-ring (bicyclic) bond motifs is 6. The Morgan fingerprint density at radius 1 is 0.471 bits per heavy atom. The molecule has 3 saturated heterocycles. The van der Waals surface area contributed by atoms with Gasteiger partial charge in [-0.25, -0.2) is 27.4 Å². The van der Waals surface area contributed by atoms with Crippen molar-refractivity contribution >= 4 is 46.9 Å². The van der Waals surface area contributed by atoms with Gasteiger partial charge in [-0.05, 0) is 0 Å². The zero-order valence-corrected chi connectivity index (χ0v) is 21.3. The van der Waals surface area contributed by atoms with Crippen LogP contribution < -0.4 is 0 Å². The number of hydrogen-bond donors (Lipinski definition) is 5. The van der Waals surface area contributed by atoms with Crippen LogP contribution in [0.1, 0.15) is 0 Å². The molecule has 21 nitrogen and oxygen atoms in total. The van der Waals surface area contributed by atoms with Gasteiger partial charge in [-0.3, -0.25) is 31.7 Å². The molecular weight excluding hydrogens is 606 g/mol. The molecule has 1 aliphatic carbocycles. The molecule has 198 valence electrons. The summed E-state index contributed by atoms with van der Waals surface area (Å²) in [6.07, 6.45) is -14.0. The van der Waals surface area contributed by atoms with Gasteiger partial charge >= 0.3 is 46.9 Å². The fraction of sp³-hybridized carbons (Fsp3) is 1.00. The lowest BCUT2D eigenvalue weighted by atomic mass is 9.85. The van der Waals surface area contributed by atoms with E-state index in [9.17, 15) is 51.9 Å². The maximum Gasteiger partial charge on any atom is 0.483 e. The first-order valence-electron chi connectivity index (χ1n) is 8.29. The Morgan fingerprint density at radius 3 is 0.971 bits per heavy atom. The molecule has 4 aliphatic rings. The Hall–Kier alpha value is 0.780. The normalized spacial score (nSPS) is 60.5. The second kappa shape index (κ2) is 8.65. The van der Waals surface area contributed by atoms with Crippen LogP contribution in [0.2, 0.25) is 0 Å². The molecule has 0 amide bonds. The molecule has 27 heteroatoms. The van der Waals surface area contributed by atoms with Crippen molar-refractivity contribution in [3.05, 3.63) is 0 Å². The lowest BCUT2D eigenvalue weighted by Crippen LogP contribution is -2.65. The lowest BCUT2D eigenvalue weighted by Gasteiger charge is -2.45. The van der Waals surface area contributed by atoms with Gasteiger partial charge in [0.2, 0.25) is 0 Å². The van der Waals surface area contributed by atoms with Gasteiger partial charge in [-0.15, -0.1) is 0 Å². The third-order valence-corrected chi connectivity index (χ3v) is 12.7. The van der Waals surface area contributed by atoms with E-state index < -0.39 is 83.6 Å². The van der Waals surface area contributed by atoms with E-state index in [0.717, 1.165) is 0 Å². The minimum absolute atomic E-state index is 0.680. The SMILES string of the molecule is COP1(=O)OC2C3OP(=O)(O)OP(=O)(O)OC3C3OP(=O)(O)OP(=O)(O)OC3C2OP(=O)(O)O1. The first kappa shape index (κ1) is 27.8. The lowest BCUT2D eigenvalue weighted by molar-refractivity contribution is -0.185. The van der Waals surface area contributed by atoms with E-state index in [0.29, 0.717) is 7.11 Å². The van der Waals surface area contributed by atoms with E-state index in [1.807, 2.05) is 0 Å².